The van der Waals surface area contributed by atoms with Crippen LogP contribution in [-0.2, 0) is 10.3 Å². The number of nitrogens with zero attached hydrogens (tertiary/aromatic N) is 1. The molecule has 0 aliphatic rings. The first-order chi connectivity index (χ1) is 8.27. The van der Waals surface area contributed by atoms with Crippen LogP contribution in [-0.4, -0.2) is 23.2 Å². The molecule has 18 heavy (non-hydrogen) atoms. The van der Waals surface area contributed by atoms with Gasteiger partial charge in [-0.1, -0.05) is 0 Å². The number of aromatic nitrogens is 1. The van der Waals surface area contributed by atoms with Crippen molar-refractivity contribution in [2.24, 2.45) is 5.73 Å². The largest absolute Gasteiger partial charge is 0.444 e. The van der Waals surface area contributed by atoms with Crippen molar-refractivity contribution in [3.63, 3.8) is 0 Å². The molecule has 0 spiro atoms. The number of hydrogen-bond acceptors (Lipinski definition) is 5. The van der Waals surface area contributed by atoms with Crippen molar-refractivity contribution in [1.82, 2.24) is 10.3 Å². The van der Waals surface area contributed by atoms with Crippen molar-refractivity contribution in [3.05, 3.63) is 16.6 Å². The van der Waals surface area contributed by atoms with Gasteiger partial charge in [-0.15, -0.1) is 11.3 Å². The maximum atomic E-state index is 11.8. The zero-order chi connectivity index (χ0) is 13.8. The van der Waals surface area contributed by atoms with Gasteiger partial charge in [0.25, 0.3) is 0 Å². The third kappa shape index (κ3) is 4.27. The second-order valence-electron chi connectivity index (χ2n) is 5.37. The van der Waals surface area contributed by atoms with E-state index in [4.69, 9.17) is 10.5 Å². The molecule has 0 saturated heterocycles. The molecule has 0 saturated carbocycles. The fraction of sp³-hybridized carbons (Fsp3) is 0.667. The third-order valence-electron chi connectivity index (χ3n) is 2.42. The van der Waals surface area contributed by atoms with Crippen LogP contribution in [0.4, 0.5) is 4.79 Å². The molecule has 1 unspecified atom stereocenters. The lowest BCUT2D eigenvalue weighted by molar-refractivity contribution is 0.0455. The maximum absolute atomic E-state index is 11.8. The topological polar surface area (TPSA) is 77.2 Å². The number of amides is 1. The normalized spacial score (nSPS) is 14.9. The summed E-state index contributed by atoms with van der Waals surface area (Å²) >= 11 is 1.49. The summed E-state index contributed by atoms with van der Waals surface area (Å²) in [5.41, 5.74) is 7.05. The lowest BCUT2D eigenvalue weighted by Gasteiger charge is -2.30. The van der Waals surface area contributed by atoms with Crippen LogP contribution < -0.4 is 11.1 Å². The maximum Gasteiger partial charge on any atom is 0.408 e. The number of hydrogen-bond donors (Lipinski definition) is 2. The fourth-order valence-corrected chi connectivity index (χ4v) is 2.24. The van der Waals surface area contributed by atoms with Crippen molar-refractivity contribution in [2.45, 2.75) is 45.3 Å². The molecule has 3 N–H and O–H groups in total. The molecule has 0 radical (unpaired) electrons. The number of carbonyl (C=O) groups is 1. The summed E-state index contributed by atoms with van der Waals surface area (Å²) in [4.78, 5) is 16.1. The standard InChI is InChI=1S/C12H21N3O2S/c1-11(2,3)17-10(16)15-12(4,5-6-13)9-7-18-8-14-9/h7-8H,5-6,13H2,1-4H3,(H,15,16). The van der Waals surface area contributed by atoms with Gasteiger partial charge < -0.3 is 15.8 Å². The first-order valence-electron chi connectivity index (χ1n) is 5.87. The van der Waals surface area contributed by atoms with Gasteiger partial charge in [-0.3, -0.25) is 0 Å². The molecule has 0 aromatic carbocycles. The molecule has 0 fully saturated rings. The van der Waals surface area contributed by atoms with Crippen molar-refractivity contribution >= 4 is 17.4 Å². The van der Waals surface area contributed by atoms with Crippen LogP contribution in [0.5, 0.6) is 0 Å². The lowest BCUT2D eigenvalue weighted by atomic mass is 9.94. The third-order valence-corrected chi connectivity index (χ3v) is 3.01. The SMILES string of the molecule is CC(C)(C)OC(=O)NC(C)(CCN)c1cscn1. The Bertz CT molecular complexity index is 387. The Morgan fingerprint density at radius 1 is 1.50 bits per heavy atom. The van der Waals surface area contributed by atoms with E-state index in [1.165, 1.54) is 11.3 Å². The number of thiazole rings is 1. The predicted molar refractivity (Wildman–Crippen MR) is 72.5 cm³/mol. The van der Waals surface area contributed by atoms with E-state index in [1.807, 2.05) is 33.1 Å². The smallest absolute Gasteiger partial charge is 0.408 e. The van der Waals surface area contributed by atoms with Gasteiger partial charge in [-0.25, -0.2) is 9.78 Å². The first kappa shape index (κ1) is 14.9. The Morgan fingerprint density at radius 3 is 2.61 bits per heavy atom. The molecular weight excluding hydrogens is 250 g/mol. The number of carbonyl (C=O) groups excluding carboxylic acids is 1. The predicted octanol–water partition coefficient (Wildman–Crippen LogP) is 2.23. The van der Waals surface area contributed by atoms with E-state index in [2.05, 4.69) is 10.3 Å². The molecule has 1 atom stereocenters. The van der Waals surface area contributed by atoms with Gasteiger partial charge in [0.05, 0.1) is 16.7 Å². The van der Waals surface area contributed by atoms with Crippen molar-refractivity contribution in [2.75, 3.05) is 6.54 Å². The second kappa shape index (κ2) is 5.67. The summed E-state index contributed by atoms with van der Waals surface area (Å²) in [6, 6.07) is 0. The molecule has 5 nitrogen and oxygen atoms in total. The molecule has 0 aliphatic carbocycles. The molecular formula is C12H21N3O2S. The summed E-state index contributed by atoms with van der Waals surface area (Å²) in [6.45, 7) is 7.85. The van der Waals surface area contributed by atoms with Gasteiger partial charge in [-0.2, -0.15) is 0 Å². The molecule has 6 heteroatoms. The molecule has 1 rings (SSSR count). The van der Waals surface area contributed by atoms with Crippen LogP contribution in [0.2, 0.25) is 0 Å². The highest BCUT2D eigenvalue weighted by atomic mass is 32.1. The summed E-state index contributed by atoms with van der Waals surface area (Å²) < 4.78 is 5.26. The van der Waals surface area contributed by atoms with E-state index in [9.17, 15) is 4.79 Å². The highest BCUT2D eigenvalue weighted by Crippen LogP contribution is 2.24. The molecule has 1 amide bonds. The fourth-order valence-electron chi connectivity index (χ4n) is 1.56. The minimum Gasteiger partial charge on any atom is -0.444 e. The van der Waals surface area contributed by atoms with Crippen LogP contribution in [0.25, 0.3) is 0 Å². The van der Waals surface area contributed by atoms with Crippen molar-refractivity contribution in [3.8, 4) is 0 Å². The zero-order valence-electron chi connectivity index (χ0n) is 11.3. The average molecular weight is 271 g/mol. The van der Waals surface area contributed by atoms with E-state index in [0.717, 1.165) is 5.69 Å². The van der Waals surface area contributed by atoms with Gasteiger partial charge >= 0.3 is 6.09 Å². The van der Waals surface area contributed by atoms with Crippen LogP contribution in [0, 0.1) is 0 Å². The molecule has 1 aromatic heterocycles. The van der Waals surface area contributed by atoms with E-state index in [0.29, 0.717) is 13.0 Å². The van der Waals surface area contributed by atoms with Crippen LogP contribution >= 0.6 is 11.3 Å². The number of ether oxygens (including phenoxy) is 1. The van der Waals surface area contributed by atoms with E-state index in [1.54, 1.807) is 5.51 Å². The highest BCUT2D eigenvalue weighted by molar-refractivity contribution is 7.07. The number of nitrogens with two attached hydrogens (primary N) is 1. The van der Waals surface area contributed by atoms with Gasteiger partial charge in [0.1, 0.15) is 5.60 Å². The van der Waals surface area contributed by atoms with E-state index in [-0.39, 0.29) is 0 Å². The van der Waals surface area contributed by atoms with Crippen molar-refractivity contribution < 1.29 is 9.53 Å². The Labute approximate surface area is 112 Å². The monoisotopic (exact) mass is 271 g/mol. The number of rotatable bonds is 4. The first-order valence-corrected chi connectivity index (χ1v) is 6.81. The van der Waals surface area contributed by atoms with Crippen LogP contribution in [0.1, 0.15) is 39.8 Å². The molecule has 102 valence electrons. The summed E-state index contributed by atoms with van der Waals surface area (Å²) in [5.74, 6) is 0. The molecule has 1 aromatic rings. The minimum atomic E-state index is -0.586. The Hall–Kier alpha value is -1.14. The van der Waals surface area contributed by atoms with Gasteiger partial charge in [0, 0.05) is 5.38 Å². The van der Waals surface area contributed by atoms with Gasteiger partial charge in [0.2, 0.25) is 0 Å². The zero-order valence-corrected chi connectivity index (χ0v) is 12.1. The van der Waals surface area contributed by atoms with Gasteiger partial charge in [0.15, 0.2) is 0 Å². The van der Waals surface area contributed by atoms with Crippen molar-refractivity contribution in [1.29, 1.82) is 0 Å². The Balaban J connectivity index is 2.78. The average Bonchev–Trinajstić information content (AvgIpc) is 2.66. The lowest BCUT2D eigenvalue weighted by Crippen LogP contribution is -2.47. The second-order valence-corrected chi connectivity index (χ2v) is 6.09. The van der Waals surface area contributed by atoms with E-state index < -0.39 is 17.2 Å². The number of alkyl carbamates (subject to hydrolysis) is 1. The van der Waals surface area contributed by atoms with Crippen LogP contribution in [0.15, 0.2) is 10.9 Å². The summed E-state index contributed by atoms with van der Waals surface area (Å²) in [5, 5.41) is 4.77. The summed E-state index contributed by atoms with van der Waals surface area (Å²) in [7, 11) is 0. The number of nitrogens with one attached hydrogen (secondary N) is 1. The molecule has 0 bridgehead atoms. The molecule has 0 aliphatic heterocycles. The minimum absolute atomic E-state index is 0.452. The van der Waals surface area contributed by atoms with Gasteiger partial charge in [-0.05, 0) is 40.7 Å². The summed E-state index contributed by atoms with van der Waals surface area (Å²) in [6.07, 6.45) is 0.155. The highest BCUT2D eigenvalue weighted by Gasteiger charge is 2.31. The molecule has 1 heterocycles. The quantitative estimate of drug-likeness (QED) is 0.880. The Morgan fingerprint density at radius 2 is 2.17 bits per heavy atom. The van der Waals surface area contributed by atoms with Crippen LogP contribution in [0.3, 0.4) is 0 Å². The van der Waals surface area contributed by atoms with E-state index >= 15 is 0 Å². The Kier molecular flexibility index (Phi) is 4.70.